The van der Waals surface area contributed by atoms with Crippen LogP contribution in [0, 0.1) is 0 Å². The van der Waals surface area contributed by atoms with Crippen LogP contribution < -0.4 is 0 Å². The minimum Gasteiger partial charge on any atom is -0.380 e. The molecule has 0 saturated heterocycles. The van der Waals surface area contributed by atoms with Crippen LogP contribution in [0.5, 0.6) is 0 Å². The third kappa shape index (κ3) is 2.15. The largest absolute Gasteiger partial charge is 0.380 e. The maximum Gasteiger partial charge on any atom is 0.124 e. The van der Waals surface area contributed by atoms with Crippen molar-refractivity contribution in [2.45, 2.75) is 12.5 Å². The van der Waals surface area contributed by atoms with Crippen LogP contribution in [0.4, 0.5) is 0 Å². The molecular formula is C11H9BrClNOS. The van der Waals surface area contributed by atoms with Crippen molar-refractivity contribution in [1.29, 1.82) is 0 Å². The minimum atomic E-state index is -1.08. The molecule has 0 spiro atoms. The smallest absolute Gasteiger partial charge is 0.124 e. The molecule has 16 heavy (non-hydrogen) atoms. The summed E-state index contributed by atoms with van der Waals surface area (Å²) in [7, 11) is 0. The van der Waals surface area contributed by atoms with Gasteiger partial charge in [-0.25, -0.2) is 4.98 Å². The fourth-order valence-electron chi connectivity index (χ4n) is 1.47. The Bertz CT molecular complexity index is 512. The fourth-order valence-corrected chi connectivity index (χ4v) is 3.33. The van der Waals surface area contributed by atoms with Gasteiger partial charge in [-0.05, 0) is 40.5 Å². The summed E-state index contributed by atoms with van der Waals surface area (Å²) in [6, 6.07) is 7.20. The third-order valence-electron chi connectivity index (χ3n) is 2.35. The lowest BCUT2D eigenvalue weighted by Crippen LogP contribution is -2.21. The number of hydrogen-bond donors (Lipinski definition) is 1. The highest BCUT2D eigenvalue weighted by molar-refractivity contribution is 9.10. The highest BCUT2D eigenvalue weighted by atomic mass is 79.9. The molecule has 2 rings (SSSR count). The number of nitrogens with zero attached hydrogens (tertiary/aromatic N) is 1. The van der Waals surface area contributed by atoms with Gasteiger partial charge in [0.2, 0.25) is 0 Å². The van der Waals surface area contributed by atoms with E-state index in [-0.39, 0.29) is 0 Å². The van der Waals surface area contributed by atoms with E-state index in [1.807, 2.05) is 12.1 Å². The van der Waals surface area contributed by atoms with Crippen molar-refractivity contribution in [3.63, 3.8) is 0 Å². The quantitative estimate of drug-likeness (QED) is 0.913. The highest BCUT2D eigenvalue weighted by Crippen LogP contribution is 2.36. The lowest BCUT2D eigenvalue weighted by atomic mass is 9.95. The van der Waals surface area contributed by atoms with Crippen LogP contribution in [0.3, 0.4) is 0 Å². The first kappa shape index (κ1) is 12.0. The zero-order valence-electron chi connectivity index (χ0n) is 8.45. The Hall–Kier alpha value is -0.420. The Kier molecular flexibility index (Phi) is 3.35. The van der Waals surface area contributed by atoms with Crippen LogP contribution in [0.2, 0.25) is 5.02 Å². The van der Waals surface area contributed by atoms with Gasteiger partial charge in [0.1, 0.15) is 10.2 Å². The van der Waals surface area contributed by atoms with E-state index >= 15 is 0 Å². The Balaban J connectivity index is 2.51. The molecule has 2 nitrogen and oxygen atoms in total. The fraction of sp³-hybridized carbons (Fsp3) is 0.182. The number of halogens is 2. The number of thiazole rings is 1. The average Bonchev–Trinajstić information content (AvgIpc) is 2.65. The Morgan fingerprint density at radius 2 is 2.25 bits per heavy atom. The standard InChI is InChI=1S/C11H9BrClNOS/c1-11(15,9-10(12)14-6-16-9)7-3-2-4-8(13)5-7/h2-6,15H,1H3. The zero-order chi connectivity index (χ0) is 11.8. The molecule has 84 valence electrons. The van der Waals surface area contributed by atoms with Crippen LogP contribution >= 0.6 is 38.9 Å². The molecule has 1 unspecified atom stereocenters. The van der Waals surface area contributed by atoms with Gasteiger partial charge in [0, 0.05) is 5.02 Å². The van der Waals surface area contributed by atoms with E-state index in [0.717, 1.165) is 10.4 Å². The first-order chi connectivity index (χ1) is 7.51. The van der Waals surface area contributed by atoms with Crippen LogP contribution in [0.25, 0.3) is 0 Å². The molecule has 0 aliphatic rings. The molecule has 1 aromatic heterocycles. The van der Waals surface area contributed by atoms with E-state index in [4.69, 9.17) is 11.6 Å². The first-order valence-electron chi connectivity index (χ1n) is 4.59. The molecule has 0 radical (unpaired) electrons. The third-order valence-corrected chi connectivity index (χ3v) is 4.49. The normalized spacial score (nSPS) is 14.8. The number of aliphatic hydroxyl groups is 1. The maximum absolute atomic E-state index is 10.5. The second-order valence-corrected chi connectivity index (χ2v) is 5.60. The van der Waals surface area contributed by atoms with Crippen molar-refractivity contribution in [2.24, 2.45) is 0 Å². The van der Waals surface area contributed by atoms with E-state index in [2.05, 4.69) is 20.9 Å². The number of aromatic nitrogens is 1. The summed E-state index contributed by atoms with van der Waals surface area (Å²) in [6.07, 6.45) is 0. The first-order valence-corrected chi connectivity index (χ1v) is 6.65. The Morgan fingerprint density at radius 1 is 1.50 bits per heavy atom. The van der Waals surface area contributed by atoms with Crippen LogP contribution in [0.1, 0.15) is 17.4 Å². The van der Waals surface area contributed by atoms with Gasteiger partial charge in [0.05, 0.1) is 10.4 Å². The lowest BCUT2D eigenvalue weighted by Gasteiger charge is -2.22. The van der Waals surface area contributed by atoms with Gasteiger partial charge in [0.25, 0.3) is 0 Å². The lowest BCUT2D eigenvalue weighted by molar-refractivity contribution is 0.105. The topological polar surface area (TPSA) is 33.1 Å². The Morgan fingerprint density at radius 3 is 2.81 bits per heavy atom. The molecule has 0 aliphatic heterocycles. The molecule has 0 fully saturated rings. The summed E-state index contributed by atoms with van der Waals surface area (Å²) >= 11 is 10.6. The van der Waals surface area contributed by atoms with Crippen molar-refractivity contribution in [2.75, 3.05) is 0 Å². The molecule has 1 heterocycles. The molecular weight excluding hydrogens is 310 g/mol. The number of benzene rings is 1. The van der Waals surface area contributed by atoms with Crippen LogP contribution in [-0.4, -0.2) is 10.1 Å². The van der Waals surface area contributed by atoms with Crippen molar-refractivity contribution < 1.29 is 5.11 Å². The van der Waals surface area contributed by atoms with E-state index < -0.39 is 5.60 Å². The van der Waals surface area contributed by atoms with Gasteiger partial charge < -0.3 is 5.11 Å². The summed E-state index contributed by atoms with van der Waals surface area (Å²) in [5.74, 6) is 0. The van der Waals surface area contributed by atoms with Gasteiger partial charge >= 0.3 is 0 Å². The predicted octanol–water partition coefficient (Wildman–Crippen LogP) is 3.81. The van der Waals surface area contributed by atoms with E-state index in [9.17, 15) is 5.11 Å². The summed E-state index contributed by atoms with van der Waals surface area (Å²) in [4.78, 5) is 4.85. The predicted molar refractivity (Wildman–Crippen MR) is 69.9 cm³/mol. The van der Waals surface area contributed by atoms with Gasteiger partial charge in [-0.15, -0.1) is 11.3 Å². The zero-order valence-corrected chi connectivity index (χ0v) is 11.6. The van der Waals surface area contributed by atoms with Crippen molar-refractivity contribution in [1.82, 2.24) is 4.98 Å². The molecule has 0 bridgehead atoms. The molecule has 1 atom stereocenters. The Labute approximate surface area is 111 Å². The molecule has 0 aliphatic carbocycles. The van der Waals surface area contributed by atoms with Gasteiger partial charge in [0.15, 0.2) is 0 Å². The van der Waals surface area contributed by atoms with Gasteiger partial charge in [-0.2, -0.15) is 0 Å². The summed E-state index contributed by atoms with van der Waals surface area (Å²) in [5.41, 5.74) is 1.37. The minimum absolute atomic E-state index is 0.610. The van der Waals surface area contributed by atoms with Crippen LogP contribution in [-0.2, 0) is 5.60 Å². The summed E-state index contributed by atoms with van der Waals surface area (Å²) in [6.45, 7) is 1.73. The monoisotopic (exact) mass is 317 g/mol. The van der Waals surface area contributed by atoms with E-state index in [1.54, 1.807) is 24.6 Å². The number of hydrogen-bond acceptors (Lipinski definition) is 3. The van der Waals surface area contributed by atoms with Gasteiger partial charge in [-0.3, -0.25) is 0 Å². The second kappa shape index (κ2) is 4.45. The van der Waals surface area contributed by atoms with Crippen molar-refractivity contribution in [3.8, 4) is 0 Å². The van der Waals surface area contributed by atoms with Crippen molar-refractivity contribution in [3.05, 3.63) is 49.8 Å². The summed E-state index contributed by atoms with van der Waals surface area (Å²) < 4.78 is 0.669. The second-order valence-electron chi connectivity index (χ2n) is 3.55. The number of rotatable bonds is 2. The van der Waals surface area contributed by atoms with Crippen molar-refractivity contribution >= 4 is 38.9 Å². The molecule has 2 aromatic rings. The van der Waals surface area contributed by atoms with Gasteiger partial charge in [-0.1, -0.05) is 23.7 Å². The SMILES string of the molecule is CC(O)(c1cccc(Cl)c1)c1scnc1Br. The molecule has 0 saturated carbocycles. The highest BCUT2D eigenvalue weighted by Gasteiger charge is 2.30. The molecule has 5 heteroatoms. The summed E-state index contributed by atoms with van der Waals surface area (Å²) in [5, 5.41) is 11.1. The maximum atomic E-state index is 10.5. The van der Waals surface area contributed by atoms with E-state index in [0.29, 0.717) is 9.63 Å². The average molecular weight is 319 g/mol. The van der Waals surface area contributed by atoms with Crippen LogP contribution in [0.15, 0.2) is 34.4 Å². The van der Waals surface area contributed by atoms with E-state index in [1.165, 1.54) is 11.3 Å². The molecule has 1 N–H and O–H groups in total. The molecule has 0 amide bonds. The molecule has 1 aromatic carbocycles.